The lowest BCUT2D eigenvalue weighted by Gasteiger charge is -2.08. The maximum absolute atomic E-state index is 12.0. The highest BCUT2D eigenvalue weighted by Crippen LogP contribution is 2.29. The maximum atomic E-state index is 12.0. The largest absolute Gasteiger partial charge is 0.484 e. The highest BCUT2D eigenvalue weighted by atomic mass is 16.6. The highest BCUT2D eigenvalue weighted by Gasteiger charge is 2.10. The molecule has 164 valence electrons. The number of benzene rings is 3. The molecule has 4 rings (SSSR count). The number of nitrogens with one attached hydrogen (secondary N) is 1. The van der Waals surface area contributed by atoms with Crippen LogP contribution in [0.25, 0.3) is 22.1 Å². The Hall–Kier alpha value is -4.79. The van der Waals surface area contributed by atoms with Gasteiger partial charge in [-0.1, -0.05) is 30.3 Å². The number of nitrogens with zero attached hydrogens (tertiary/aromatic N) is 2. The van der Waals surface area contributed by atoms with Crippen molar-refractivity contribution in [1.29, 1.82) is 0 Å². The third-order valence-corrected chi connectivity index (χ3v) is 4.68. The summed E-state index contributed by atoms with van der Waals surface area (Å²) in [5, 5.41) is 15.2. The molecule has 0 spiro atoms. The van der Waals surface area contributed by atoms with Gasteiger partial charge in [0, 0.05) is 29.7 Å². The van der Waals surface area contributed by atoms with Crippen LogP contribution in [-0.2, 0) is 4.79 Å². The number of rotatable bonds is 7. The van der Waals surface area contributed by atoms with Gasteiger partial charge in [-0.15, -0.1) is 0 Å². The molecule has 1 heterocycles. The van der Waals surface area contributed by atoms with Crippen molar-refractivity contribution in [2.24, 2.45) is 5.10 Å². The van der Waals surface area contributed by atoms with Gasteiger partial charge in [0.25, 0.3) is 11.6 Å². The van der Waals surface area contributed by atoms with Crippen LogP contribution < -0.4 is 15.8 Å². The number of fused-ring (bicyclic) bond motifs is 1. The molecule has 0 aliphatic heterocycles. The molecule has 0 saturated heterocycles. The third-order valence-electron chi connectivity index (χ3n) is 4.68. The van der Waals surface area contributed by atoms with Gasteiger partial charge in [-0.25, -0.2) is 10.2 Å². The number of carbonyl (C=O) groups is 1. The van der Waals surface area contributed by atoms with Crippen molar-refractivity contribution in [2.45, 2.75) is 0 Å². The van der Waals surface area contributed by atoms with Crippen molar-refractivity contribution in [3.8, 4) is 16.9 Å². The predicted molar refractivity (Wildman–Crippen MR) is 122 cm³/mol. The zero-order valence-corrected chi connectivity index (χ0v) is 17.1. The molecule has 3 aromatic carbocycles. The molecule has 1 amide bonds. The zero-order chi connectivity index (χ0) is 23.2. The molecule has 1 aromatic heterocycles. The van der Waals surface area contributed by atoms with Gasteiger partial charge in [0.15, 0.2) is 6.61 Å². The van der Waals surface area contributed by atoms with Gasteiger partial charge < -0.3 is 9.15 Å². The summed E-state index contributed by atoms with van der Waals surface area (Å²) in [5.41, 5.74) is 4.34. The smallest absolute Gasteiger partial charge is 0.336 e. The van der Waals surface area contributed by atoms with E-state index >= 15 is 0 Å². The topological polar surface area (TPSA) is 124 Å². The van der Waals surface area contributed by atoms with Crippen molar-refractivity contribution in [2.75, 3.05) is 6.61 Å². The first-order valence-corrected chi connectivity index (χ1v) is 9.82. The van der Waals surface area contributed by atoms with Crippen LogP contribution in [0.3, 0.4) is 0 Å². The summed E-state index contributed by atoms with van der Waals surface area (Å²) in [5.74, 6) is -0.155. The highest BCUT2D eigenvalue weighted by molar-refractivity contribution is 5.93. The minimum atomic E-state index is -0.507. The fourth-order valence-electron chi connectivity index (χ4n) is 3.13. The Morgan fingerprint density at radius 1 is 1.06 bits per heavy atom. The lowest BCUT2D eigenvalue weighted by molar-refractivity contribution is -0.384. The number of ether oxygens (including phenoxy) is 1. The normalized spacial score (nSPS) is 10.9. The number of nitro benzene ring substituents is 1. The lowest BCUT2D eigenvalue weighted by Crippen LogP contribution is -2.24. The van der Waals surface area contributed by atoms with Gasteiger partial charge in [-0.2, -0.15) is 5.10 Å². The van der Waals surface area contributed by atoms with Crippen molar-refractivity contribution < 1.29 is 18.9 Å². The molecular formula is C24H17N3O6. The minimum Gasteiger partial charge on any atom is -0.484 e. The molecule has 0 fully saturated rings. The van der Waals surface area contributed by atoms with Crippen LogP contribution in [0.15, 0.2) is 93.2 Å². The van der Waals surface area contributed by atoms with Crippen LogP contribution in [0.2, 0.25) is 0 Å². The monoisotopic (exact) mass is 443 g/mol. The maximum Gasteiger partial charge on any atom is 0.336 e. The molecule has 0 bridgehead atoms. The molecule has 9 heteroatoms. The average Bonchev–Trinajstić information content (AvgIpc) is 2.83. The van der Waals surface area contributed by atoms with E-state index in [2.05, 4.69) is 10.5 Å². The van der Waals surface area contributed by atoms with Gasteiger partial charge in [-0.3, -0.25) is 14.9 Å². The van der Waals surface area contributed by atoms with Crippen molar-refractivity contribution in [1.82, 2.24) is 5.43 Å². The number of nitro groups is 1. The second-order valence-corrected chi connectivity index (χ2v) is 6.93. The summed E-state index contributed by atoms with van der Waals surface area (Å²) in [6.07, 6.45) is 1.36. The van der Waals surface area contributed by atoms with E-state index in [4.69, 9.17) is 9.15 Å². The predicted octanol–water partition coefficient (Wildman–Crippen LogP) is 3.90. The van der Waals surface area contributed by atoms with Gasteiger partial charge in [-0.05, 0) is 41.0 Å². The van der Waals surface area contributed by atoms with E-state index in [1.54, 1.807) is 18.2 Å². The second-order valence-electron chi connectivity index (χ2n) is 6.93. The number of amides is 1. The zero-order valence-electron chi connectivity index (χ0n) is 17.1. The Morgan fingerprint density at radius 2 is 1.82 bits per heavy atom. The molecule has 0 saturated carbocycles. The van der Waals surface area contributed by atoms with Gasteiger partial charge in [0.2, 0.25) is 0 Å². The molecule has 0 aliphatic rings. The summed E-state index contributed by atoms with van der Waals surface area (Å²) in [4.78, 5) is 34.2. The van der Waals surface area contributed by atoms with Crippen molar-refractivity contribution in [3.63, 3.8) is 0 Å². The van der Waals surface area contributed by atoms with Crippen LogP contribution in [0.1, 0.15) is 5.56 Å². The Kier molecular flexibility index (Phi) is 6.21. The van der Waals surface area contributed by atoms with E-state index in [-0.39, 0.29) is 12.3 Å². The number of carbonyl (C=O) groups excluding carboxylic acids is 1. The molecule has 0 radical (unpaired) electrons. The van der Waals surface area contributed by atoms with Crippen LogP contribution in [0.4, 0.5) is 5.69 Å². The molecule has 4 aromatic rings. The summed E-state index contributed by atoms with van der Waals surface area (Å²) in [6.45, 7) is -0.314. The second kappa shape index (κ2) is 9.56. The van der Waals surface area contributed by atoms with Crippen LogP contribution in [0.5, 0.6) is 5.75 Å². The summed E-state index contributed by atoms with van der Waals surface area (Å²) in [7, 11) is 0. The first-order valence-electron chi connectivity index (χ1n) is 9.82. The third kappa shape index (κ3) is 5.28. The van der Waals surface area contributed by atoms with Crippen LogP contribution in [-0.4, -0.2) is 23.7 Å². The molecule has 1 N–H and O–H groups in total. The van der Waals surface area contributed by atoms with E-state index < -0.39 is 16.5 Å². The van der Waals surface area contributed by atoms with Crippen molar-refractivity contribution >= 4 is 28.8 Å². The molecule has 0 atom stereocenters. The van der Waals surface area contributed by atoms with Crippen molar-refractivity contribution in [3.05, 3.63) is 105 Å². The Morgan fingerprint density at radius 3 is 2.55 bits per heavy atom. The SMILES string of the molecule is O=C(COc1ccc2c(-c3ccccc3)cc(=O)oc2c1)N/N=C/c1ccc([N+](=O)[O-])cc1. The number of non-ortho nitro benzene ring substituents is 1. The Balaban J connectivity index is 1.40. The summed E-state index contributed by atoms with van der Waals surface area (Å²) in [6, 6.07) is 21.6. The summed E-state index contributed by atoms with van der Waals surface area (Å²) >= 11 is 0. The standard InChI is InChI=1S/C24H17N3O6/c28-23(26-25-14-16-6-8-18(9-7-16)27(30)31)15-32-19-10-11-20-21(17-4-2-1-3-5-17)13-24(29)33-22(20)12-19/h1-14H,15H2,(H,26,28)/b25-14+. The molecule has 0 aliphatic carbocycles. The number of hydrogen-bond acceptors (Lipinski definition) is 7. The summed E-state index contributed by atoms with van der Waals surface area (Å²) < 4.78 is 10.8. The van der Waals surface area contributed by atoms with Crippen LogP contribution >= 0.6 is 0 Å². The molecule has 0 unspecified atom stereocenters. The van der Waals surface area contributed by atoms with Gasteiger partial charge in [0.1, 0.15) is 11.3 Å². The van der Waals surface area contributed by atoms with E-state index in [1.807, 2.05) is 30.3 Å². The quantitative estimate of drug-likeness (QED) is 0.200. The van der Waals surface area contributed by atoms with Gasteiger partial charge in [0.05, 0.1) is 11.1 Å². The average molecular weight is 443 g/mol. The lowest BCUT2D eigenvalue weighted by atomic mass is 10.0. The van der Waals surface area contributed by atoms with E-state index in [1.165, 1.54) is 36.5 Å². The van der Waals surface area contributed by atoms with Gasteiger partial charge >= 0.3 is 5.63 Å². The number of hydrogen-bond donors (Lipinski definition) is 1. The Bertz CT molecular complexity index is 1400. The fraction of sp³-hybridized carbons (Fsp3) is 0.0417. The first kappa shape index (κ1) is 21.4. The minimum absolute atomic E-state index is 0.0355. The van der Waals surface area contributed by atoms with E-state index in [9.17, 15) is 19.7 Å². The Labute approximate surface area is 187 Å². The van der Waals surface area contributed by atoms with Crippen LogP contribution in [0, 0.1) is 10.1 Å². The first-order chi connectivity index (χ1) is 16.0. The fourth-order valence-corrected chi connectivity index (χ4v) is 3.13. The molecule has 9 nitrogen and oxygen atoms in total. The van der Waals surface area contributed by atoms with E-state index in [0.29, 0.717) is 16.9 Å². The molecular weight excluding hydrogens is 426 g/mol. The molecule has 33 heavy (non-hydrogen) atoms. The number of hydrazone groups is 1. The van der Waals surface area contributed by atoms with E-state index in [0.717, 1.165) is 16.5 Å².